The molecule has 2 N–H and O–H groups in total. The number of ether oxygens (including phenoxy) is 1. The predicted octanol–water partition coefficient (Wildman–Crippen LogP) is 3.74. The van der Waals surface area contributed by atoms with Crippen molar-refractivity contribution < 1.29 is 19.7 Å². The SMILES string of the molecule is Cc1cccc(C(=O)O)c1COc1ccc(O)cc1Br. The molecule has 5 heteroatoms. The average molecular weight is 337 g/mol. The molecule has 0 atom stereocenters. The molecule has 0 heterocycles. The van der Waals surface area contributed by atoms with E-state index in [2.05, 4.69) is 15.9 Å². The maximum absolute atomic E-state index is 11.2. The van der Waals surface area contributed by atoms with Crippen molar-refractivity contribution in [3.63, 3.8) is 0 Å². The molecule has 0 spiro atoms. The van der Waals surface area contributed by atoms with E-state index in [1.165, 1.54) is 12.1 Å². The summed E-state index contributed by atoms with van der Waals surface area (Å²) in [5, 5.41) is 18.5. The van der Waals surface area contributed by atoms with Gasteiger partial charge in [0.15, 0.2) is 0 Å². The highest BCUT2D eigenvalue weighted by molar-refractivity contribution is 9.10. The largest absolute Gasteiger partial charge is 0.508 e. The van der Waals surface area contributed by atoms with Crippen molar-refractivity contribution in [2.45, 2.75) is 13.5 Å². The van der Waals surface area contributed by atoms with Crippen molar-refractivity contribution in [1.82, 2.24) is 0 Å². The van der Waals surface area contributed by atoms with Gasteiger partial charge in [0.1, 0.15) is 18.1 Å². The van der Waals surface area contributed by atoms with Crippen LogP contribution in [0.25, 0.3) is 0 Å². The van der Waals surface area contributed by atoms with Crippen LogP contribution in [0, 0.1) is 6.92 Å². The lowest BCUT2D eigenvalue weighted by Crippen LogP contribution is -2.07. The Morgan fingerprint density at radius 2 is 2.05 bits per heavy atom. The third-order valence-corrected chi connectivity index (χ3v) is 3.55. The molecule has 0 amide bonds. The molecular weight excluding hydrogens is 324 g/mol. The molecule has 0 aliphatic rings. The highest BCUT2D eigenvalue weighted by atomic mass is 79.9. The topological polar surface area (TPSA) is 66.8 Å². The molecule has 0 fully saturated rings. The Morgan fingerprint density at radius 3 is 2.70 bits per heavy atom. The van der Waals surface area contributed by atoms with E-state index < -0.39 is 5.97 Å². The van der Waals surface area contributed by atoms with Crippen molar-refractivity contribution in [3.8, 4) is 11.5 Å². The van der Waals surface area contributed by atoms with Gasteiger partial charge in [-0.15, -0.1) is 0 Å². The van der Waals surface area contributed by atoms with Crippen LogP contribution >= 0.6 is 15.9 Å². The first-order chi connectivity index (χ1) is 9.49. The van der Waals surface area contributed by atoms with Gasteiger partial charge in [-0.2, -0.15) is 0 Å². The molecule has 0 aliphatic heterocycles. The van der Waals surface area contributed by atoms with Crippen LogP contribution in [0.3, 0.4) is 0 Å². The number of rotatable bonds is 4. The predicted molar refractivity (Wildman–Crippen MR) is 78.3 cm³/mol. The number of carboxylic acid groups (broad SMARTS) is 1. The monoisotopic (exact) mass is 336 g/mol. The zero-order valence-corrected chi connectivity index (χ0v) is 12.3. The number of hydrogen-bond donors (Lipinski definition) is 2. The summed E-state index contributed by atoms with van der Waals surface area (Å²) in [6, 6.07) is 9.76. The van der Waals surface area contributed by atoms with Gasteiger partial charge in [0.25, 0.3) is 0 Å². The van der Waals surface area contributed by atoms with Gasteiger partial charge in [-0.3, -0.25) is 0 Å². The molecule has 20 heavy (non-hydrogen) atoms. The van der Waals surface area contributed by atoms with E-state index in [4.69, 9.17) is 4.74 Å². The molecule has 0 aliphatic carbocycles. The Morgan fingerprint density at radius 1 is 1.30 bits per heavy atom. The van der Waals surface area contributed by atoms with Gasteiger partial charge in [-0.25, -0.2) is 4.79 Å². The van der Waals surface area contributed by atoms with Gasteiger partial charge < -0.3 is 14.9 Å². The van der Waals surface area contributed by atoms with Crippen LogP contribution in [0.2, 0.25) is 0 Å². The molecule has 0 bridgehead atoms. The third kappa shape index (κ3) is 3.11. The summed E-state index contributed by atoms with van der Waals surface area (Å²) in [6.45, 7) is 1.99. The van der Waals surface area contributed by atoms with Crippen molar-refractivity contribution in [2.24, 2.45) is 0 Å². The van der Waals surface area contributed by atoms with E-state index in [1.54, 1.807) is 18.2 Å². The maximum Gasteiger partial charge on any atom is 0.336 e. The lowest BCUT2D eigenvalue weighted by Gasteiger charge is -2.12. The molecule has 0 saturated carbocycles. The number of halogens is 1. The Bertz CT molecular complexity index is 652. The van der Waals surface area contributed by atoms with E-state index in [1.807, 2.05) is 13.0 Å². The fourth-order valence-corrected chi connectivity index (χ4v) is 2.33. The molecule has 2 aromatic carbocycles. The molecular formula is C15H13BrO4. The number of aromatic hydroxyl groups is 1. The number of hydrogen-bond acceptors (Lipinski definition) is 3. The molecule has 4 nitrogen and oxygen atoms in total. The van der Waals surface area contributed by atoms with Gasteiger partial charge >= 0.3 is 5.97 Å². The average Bonchev–Trinajstić information content (AvgIpc) is 2.38. The number of phenols is 1. The first kappa shape index (κ1) is 14.4. The lowest BCUT2D eigenvalue weighted by atomic mass is 10.0. The number of phenolic OH excluding ortho intramolecular Hbond substituents is 1. The van der Waals surface area contributed by atoms with E-state index in [0.29, 0.717) is 15.8 Å². The van der Waals surface area contributed by atoms with Crippen LogP contribution in [-0.4, -0.2) is 16.2 Å². The molecule has 0 unspecified atom stereocenters. The van der Waals surface area contributed by atoms with Crippen LogP contribution in [0.5, 0.6) is 11.5 Å². The Balaban J connectivity index is 2.25. The number of aromatic carboxylic acids is 1. The van der Waals surface area contributed by atoms with E-state index in [0.717, 1.165) is 5.56 Å². The van der Waals surface area contributed by atoms with Crippen LogP contribution in [-0.2, 0) is 6.61 Å². The zero-order valence-electron chi connectivity index (χ0n) is 10.8. The van der Waals surface area contributed by atoms with Crippen LogP contribution < -0.4 is 4.74 Å². The van der Waals surface area contributed by atoms with Crippen LogP contribution in [0.15, 0.2) is 40.9 Å². The smallest absolute Gasteiger partial charge is 0.336 e. The number of carbonyl (C=O) groups is 1. The highest BCUT2D eigenvalue weighted by Gasteiger charge is 2.13. The summed E-state index contributed by atoms with van der Waals surface area (Å²) >= 11 is 3.29. The minimum atomic E-state index is -0.975. The van der Waals surface area contributed by atoms with Gasteiger partial charge in [0.05, 0.1) is 10.0 Å². The standard InChI is InChI=1S/C15H13BrO4/c1-9-3-2-4-11(15(18)19)12(9)8-20-14-6-5-10(17)7-13(14)16/h2-7,17H,8H2,1H3,(H,18,19). The number of carboxylic acids is 1. The molecule has 104 valence electrons. The van der Waals surface area contributed by atoms with E-state index in [9.17, 15) is 15.0 Å². The normalized spacial score (nSPS) is 10.3. The minimum absolute atomic E-state index is 0.131. The second kappa shape index (κ2) is 5.96. The van der Waals surface area contributed by atoms with E-state index >= 15 is 0 Å². The summed E-state index contributed by atoms with van der Waals surface area (Å²) in [5.74, 6) is -0.300. The fourth-order valence-electron chi connectivity index (χ4n) is 1.85. The fraction of sp³-hybridized carbons (Fsp3) is 0.133. The van der Waals surface area contributed by atoms with Crippen molar-refractivity contribution in [2.75, 3.05) is 0 Å². The second-order valence-corrected chi connectivity index (χ2v) is 5.16. The quantitative estimate of drug-likeness (QED) is 0.892. The van der Waals surface area contributed by atoms with Crippen LogP contribution in [0.4, 0.5) is 0 Å². The Labute approximate surface area is 124 Å². The summed E-state index contributed by atoms with van der Waals surface area (Å²) < 4.78 is 6.24. The molecule has 0 radical (unpaired) electrons. The summed E-state index contributed by atoms with van der Waals surface area (Å²) in [4.78, 5) is 11.2. The highest BCUT2D eigenvalue weighted by Crippen LogP contribution is 2.29. The van der Waals surface area contributed by atoms with Crippen molar-refractivity contribution in [3.05, 3.63) is 57.6 Å². The first-order valence-corrected chi connectivity index (χ1v) is 6.71. The van der Waals surface area contributed by atoms with Crippen LogP contribution in [0.1, 0.15) is 21.5 Å². The lowest BCUT2D eigenvalue weighted by molar-refractivity contribution is 0.0693. The van der Waals surface area contributed by atoms with E-state index in [-0.39, 0.29) is 17.9 Å². The summed E-state index contributed by atoms with van der Waals surface area (Å²) in [5.41, 5.74) is 1.74. The van der Waals surface area contributed by atoms with Gasteiger partial charge in [-0.1, -0.05) is 12.1 Å². The molecule has 2 rings (SSSR count). The Hall–Kier alpha value is -2.01. The summed E-state index contributed by atoms with van der Waals surface area (Å²) in [7, 11) is 0. The zero-order chi connectivity index (χ0) is 14.7. The first-order valence-electron chi connectivity index (χ1n) is 5.92. The van der Waals surface area contributed by atoms with Crippen molar-refractivity contribution in [1.29, 1.82) is 0 Å². The van der Waals surface area contributed by atoms with Crippen molar-refractivity contribution >= 4 is 21.9 Å². The third-order valence-electron chi connectivity index (χ3n) is 2.93. The molecule has 0 aromatic heterocycles. The van der Waals surface area contributed by atoms with Gasteiger partial charge in [0, 0.05) is 5.56 Å². The van der Waals surface area contributed by atoms with Gasteiger partial charge in [-0.05, 0) is 52.7 Å². The maximum atomic E-state index is 11.2. The number of aryl methyl sites for hydroxylation is 1. The molecule has 2 aromatic rings. The van der Waals surface area contributed by atoms with Gasteiger partial charge in [0.2, 0.25) is 0 Å². The minimum Gasteiger partial charge on any atom is -0.508 e. The number of benzene rings is 2. The Kier molecular flexibility index (Phi) is 4.29. The second-order valence-electron chi connectivity index (χ2n) is 4.31. The molecule has 0 saturated heterocycles. The summed E-state index contributed by atoms with van der Waals surface area (Å²) in [6.07, 6.45) is 0.